The molecule has 2 aliphatic rings. The molecule has 1 saturated carbocycles. The third kappa shape index (κ3) is 7.42. The first kappa shape index (κ1) is 23.3. The smallest absolute Gasteiger partial charge is 0.191 e. The molecule has 0 aromatic carbocycles. The zero-order chi connectivity index (χ0) is 17.3. The average molecular weight is 484 g/mol. The molecule has 2 rings (SSSR count). The maximum Gasteiger partial charge on any atom is 0.191 e. The first-order chi connectivity index (χ1) is 11.7. The monoisotopic (exact) mass is 484 g/mol. The number of hydrogen-bond acceptors (Lipinski definition) is 4. The lowest BCUT2D eigenvalue weighted by Crippen LogP contribution is -2.56. The second-order valence-corrected chi connectivity index (χ2v) is 8.28. The highest BCUT2D eigenvalue weighted by molar-refractivity contribution is 14.0. The zero-order valence-corrected chi connectivity index (χ0v) is 19.3. The number of rotatable bonds is 7. The largest absolute Gasteiger partial charge is 0.379 e. The van der Waals surface area contributed by atoms with Gasteiger partial charge in [0.15, 0.2) is 5.96 Å². The lowest BCUT2D eigenvalue weighted by molar-refractivity contribution is -0.0333. The van der Waals surface area contributed by atoms with Crippen molar-refractivity contribution in [2.75, 3.05) is 52.2 Å². The normalized spacial score (nSPS) is 22.8. The van der Waals surface area contributed by atoms with Crippen molar-refractivity contribution in [2.24, 2.45) is 4.99 Å². The quantitative estimate of drug-likeness (QED) is 0.331. The highest BCUT2D eigenvalue weighted by Gasteiger charge is 2.38. The molecule has 0 aromatic rings. The first-order valence-electron chi connectivity index (χ1n) is 9.58. The molecular weight excluding hydrogens is 447 g/mol. The molecule has 1 atom stereocenters. The fourth-order valence-corrected chi connectivity index (χ4v) is 3.96. The Hall–Kier alpha value is 0.270. The number of guanidine groups is 1. The van der Waals surface area contributed by atoms with E-state index in [2.05, 4.69) is 35.6 Å². The third-order valence-corrected chi connectivity index (χ3v) is 6.27. The van der Waals surface area contributed by atoms with Gasteiger partial charge in [0.1, 0.15) is 0 Å². The van der Waals surface area contributed by atoms with Crippen LogP contribution in [-0.2, 0) is 4.74 Å². The van der Waals surface area contributed by atoms with E-state index >= 15 is 0 Å². The molecule has 1 heterocycles. The Balaban J connectivity index is 0.00000312. The van der Waals surface area contributed by atoms with Crippen LogP contribution in [-0.4, -0.2) is 73.8 Å². The Morgan fingerprint density at radius 2 is 1.88 bits per heavy atom. The van der Waals surface area contributed by atoms with Crippen molar-refractivity contribution in [3.63, 3.8) is 0 Å². The Kier molecular flexibility index (Phi) is 11.8. The van der Waals surface area contributed by atoms with E-state index in [1.807, 2.05) is 11.8 Å². The molecule has 7 heteroatoms. The second kappa shape index (κ2) is 12.6. The summed E-state index contributed by atoms with van der Waals surface area (Å²) in [6, 6.07) is 0. The molecule has 1 unspecified atom stereocenters. The van der Waals surface area contributed by atoms with Crippen LogP contribution in [0.4, 0.5) is 0 Å². The van der Waals surface area contributed by atoms with Crippen LogP contribution in [0.3, 0.4) is 0 Å². The average Bonchev–Trinajstić information content (AvgIpc) is 2.65. The molecule has 2 fully saturated rings. The number of morpholine rings is 1. The predicted octanol–water partition coefficient (Wildman–Crippen LogP) is 2.95. The molecule has 0 spiro atoms. The first-order valence-corrected chi connectivity index (χ1v) is 10.9. The van der Waals surface area contributed by atoms with Crippen LogP contribution in [0.2, 0.25) is 0 Å². The molecular formula is C18H37IN4OS. The van der Waals surface area contributed by atoms with E-state index in [0.717, 1.165) is 51.9 Å². The van der Waals surface area contributed by atoms with Gasteiger partial charge in [0.05, 0.1) is 19.8 Å². The highest BCUT2D eigenvalue weighted by Crippen LogP contribution is 2.34. The molecule has 1 aliphatic carbocycles. The molecule has 0 aromatic heterocycles. The van der Waals surface area contributed by atoms with E-state index < -0.39 is 0 Å². The number of nitrogens with zero attached hydrogens (tertiary/aromatic N) is 2. The molecule has 1 saturated heterocycles. The summed E-state index contributed by atoms with van der Waals surface area (Å²) >= 11 is 1.89. The van der Waals surface area contributed by atoms with Gasteiger partial charge in [-0.25, -0.2) is 0 Å². The Bertz CT molecular complexity index is 385. The van der Waals surface area contributed by atoms with Gasteiger partial charge in [0.2, 0.25) is 0 Å². The predicted molar refractivity (Wildman–Crippen MR) is 121 cm³/mol. The third-order valence-electron chi connectivity index (χ3n) is 5.30. The van der Waals surface area contributed by atoms with Gasteiger partial charge in [-0.05, 0) is 26.0 Å². The zero-order valence-electron chi connectivity index (χ0n) is 16.2. The van der Waals surface area contributed by atoms with Crippen molar-refractivity contribution in [1.82, 2.24) is 15.5 Å². The second-order valence-electron chi connectivity index (χ2n) is 7.01. The van der Waals surface area contributed by atoms with E-state index in [1.54, 1.807) is 0 Å². The summed E-state index contributed by atoms with van der Waals surface area (Å²) in [5.41, 5.74) is 0.246. The van der Waals surface area contributed by atoms with Crippen molar-refractivity contribution < 1.29 is 4.74 Å². The van der Waals surface area contributed by atoms with Crippen LogP contribution < -0.4 is 10.6 Å². The van der Waals surface area contributed by atoms with Crippen LogP contribution >= 0.6 is 35.7 Å². The lowest BCUT2D eigenvalue weighted by atomic mass is 9.80. The van der Waals surface area contributed by atoms with Crippen LogP contribution in [0, 0.1) is 0 Å². The number of ether oxygens (including phenoxy) is 1. The Morgan fingerprint density at radius 3 is 2.48 bits per heavy atom. The van der Waals surface area contributed by atoms with Gasteiger partial charge in [0.25, 0.3) is 0 Å². The number of thioether (sulfide) groups is 1. The minimum Gasteiger partial charge on any atom is -0.379 e. The van der Waals surface area contributed by atoms with Gasteiger partial charge in [-0.3, -0.25) is 9.89 Å². The number of hydrogen-bond donors (Lipinski definition) is 2. The summed E-state index contributed by atoms with van der Waals surface area (Å²) < 4.78 is 5.57. The van der Waals surface area contributed by atoms with E-state index in [4.69, 9.17) is 9.73 Å². The summed E-state index contributed by atoms with van der Waals surface area (Å²) in [5.74, 6) is 0.969. The van der Waals surface area contributed by atoms with Crippen LogP contribution in [0.25, 0.3) is 0 Å². The van der Waals surface area contributed by atoms with Crippen LogP contribution in [0.1, 0.15) is 46.0 Å². The summed E-state index contributed by atoms with van der Waals surface area (Å²) in [7, 11) is 0. The number of aliphatic imine (C=N–C) groups is 1. The summed E-state index contributed by atoms with van der Waals surface area (Å²) in [5, 5.41) is 7.51. The van der Waals surface area contributed by atoms with Crippen molar-refractivity contribution in [2.45, 2.75) is 56.7 Å². The van der Waals surface area contributed by atoms with Crippen molar-refractivity contribution in [1.29, 1.82) is 0 Å². The maximum absolute atomic E-state index is 5.57. The van der Waals surface area contributed by atoms with Crippen LogP contribution in [0.15, 0.2) is 4.99 Å². The van der Waals surface area contributed by atoms with Gasteiger partial charge in [-0.1, -0.05) is 26.2 Å². The Labute approximate surface area is 175 Å². The number of halogens is 1. The van der Waals surface area contributed by atoms with Crippen LogP contribution in [0.5, 0.6) is 0 Å². The lowest BCUT2D eigenvalue weighted by Gasteiger charge is -2.47. The van der Waals surface area contributed by atoms with Crippen molar-refractivity contribution in [3.8, 4) is 0 Å². The van der Waals surface area contributed by atoms with Gasteiger partial charge >= 0.3 is 0 Å². The SMILES string of the molecule is CCNC(=NCC1(N2CCOCC2)CCCCC1)NCC(C)SC.I. The van der Waals surface area contributed by atoms with E-state index in [-0.39, 0.29) is 29.5 Å². The summed E-state index contributed by atoms with van der Waals surface area (Å²) in [6.45, 7) is 11.0. The maximum atomic E-state index is 5.57. The molecule has 0 bridgehead atoms. The number of nitrogens with one attached hydrogen (secondary N) is 2. The molecule has 25 heavy (non-hydrogen) atoms. The molecule has 0 radical (unpaired) electrons. The fourth-order valence-electron chi connectivity index (χ4n) is 3.71. The molecule has 2 N–H and O–H groups in total. The molecule has 1 aliphatic heterocycles. The molecule has 148 valence electrons. The van der Waals surface area contributed by atoms with E-state index in [9.17, 15) is 0 Å². The van der Waals surface area contributed by atoms with Crippen molar-refractivity contribution in [3.05, 3.63) is 0 Å². The molecule has 5 nitrogen and oxygen atoms in total. The molecule has 0 amide bonds. The van der Waals surface area contributed by atoms with Gasteiger partial charge in [-0.2, -0.15) is 11.8 Å². The standard InChI is InChI=1S/C18H36N4OS.HI/c1-4-19-17(20-14-16(2)24-3)21-15-18(8-6-5-7-9-18)22-10-12-23-13-11-22;/h16H,4-15H2,1-3H3,(H2,19,20,21);1H. The van der Waals surface area contributed by atoms with Crippen molar-refractivity contribution >= 4 is 41.7 Å². The summed E-state index contributed by atoms with van der Waals surface area (Å²) in [4.78, 5) is 7.65. The van der Waals surface area contributed by atoms with Gasteiger partial charge in [0, 0.05) is 37.0 Å². The minimum absolute atomic E-state index is 0. The van der Waals surface area contributed by atoms with Gasteiger partial charge < -0.3 is 15.4 Å². The van der Waals surface area contributed by atoms with Gasteiger partial charge in [-0.15, -0.1) is 24.0 Å². The topological polar surface area (TPSA) is 48.9 Å². The van der Waals surface area contributed by atoms with E-state index in [1.165, 1.54) is 32.1 Å². The summed E-state index contributed by atoms with van der Waals surface area (Å²) in [6.07, 6.45) is 8.75. The fraction of sp³-hybridized carbons (Fsp3) is 0.944. The minimum atomic E-state index is 0. The van der Waals surface area contributed by atoms with E-state index in [0.29, 0.717) is 5.25 Å². The highest BCUT2D eigenvalue weighted by atomic mass is 127. The Morgan fingerprint density at radius 1 is 1.20 bits per heavy atom.